The monoisotopic (exact) mass is 300 g/mol. The third-order valence-corrected chi connectivity index (χ3v) is 4.10. The summed E-state index contributed by atoms with van der Waals surface area (Å²) in [6.07, 6.45) is 0.890. The summed E-state index contributed by atoms with van der Waals surface area (Å²) in [4.78, 5) is 20.5. The van der Waals surface area contributed by atoms with E-state index >= 15 is 0 Å². The highest BCUT2D eigenvalue weighted by atomic mass is 32.1. The Kier molecular flexibility index (Phi) is 3.62. The quantitative estimate of drug-likeness (QED) is 0.647. The predicted octanol–water partition coefficient (Wildman–Crippen LogP) is 2.61. The largest absolute Gasteiger partial charge is 0.399 e. The van der Waals surface area contributed by atoms with Crippen molar-refractivity contribution in [3.63, 3.8) is 0 Å². The Hall–Kier alpha value is -2.34. The Morgan fingerprint density at radius 2 is 2.29 bits per heavy atom. The molecule has 2 aromatic heterocycles. The fourth-order valence-corrected chi connectivity index (χ4v) is 3.07. The Morgan fingerprint density at radius 3 is 3.05 bits per heavy atom. The molecule has 3 aromatic rings. The van der Waals surface area contributed by atoms with Crippen molar-refractivity contribution in [2.45, 2.75) is 19.4 Å². The molecular weight excluding hydrogens is 284 g/mol. The lowest BCUT2D eigenvalue weighted by molar-refractivity contribution is 0.787. The molecule has 3 rings (SSSR count). The van der Waals surface area contributed by atoms with E-state index in [-0.39, 0.29) is 11.6 Å². The zero-order chi connectivity index (χ0) is 14.8. The van der Waals surface area contributed by atoms with E-state index in [0.717, 1.165) is 6.42 Å². The molecule has 0 fully saturated rings. The second-order valence-electron chi connectivity index (χ2n) is 5.02. The van der Waals surface area contributed by atoms with Crippen molar-refractivity contribution in [2.75, 3.05) is 11.1 Å². The average molecular weight is 300 g/mol. The van der Waals surface area contributed by atoms with E-state index in [1.165, 1.54) is 4.88 Å². The van der Waals surface area contributed by atoms with Gasteiger partial charge in [-0.3, -0.25) is 9.78 Å². The highest BCUT2D eigenvalue weighted by Crippen LogP contribution is 2.15. The normalized spacial score (nSPS) is 12.4. The van der Waals surface area contributed by atoms with E-state index in [0.29, 0.717) is 22.5 Å². The molecule has 0 bridgehead atoms. The first kappa shape index (κ1) is 13.6. The highest BCUT2D eigenvalue weighted by Gasteiger charge is 2.08. The number of thiophene rings is 1. The summed E-state index contributed by atoms with van der Waals surface area (Å²) < 4.78 is 0. The van der Waals surface area contributed by atoms with Crippen molar-refractivity contribution < 1.29 is 0 Å². The molecule has 0 aliphatic heterocycles. The molecule has 5 nitrogen and oxygen atoms in total. The molecule has 6 heteroatoms. The lowest BCUT2D eigenvalue weighted by Gasteiger charge is -2.13. The molecule has 1 unspecified atom stereocenters. The number of rotatable bonds is 4. The molecule has 0 spiro atoms. The third kappa shape index (κ3) is 3.05. The van der Waals surface area contributed by atoms with Crippen LogP contribution in [-0.4, -0.2) is 16.0 Å². The van der Waals surface area contributed by atoms with Gasteiger partial charge in [-0.2, -0.15) is 0 Å². The number of aromatic nitrogens is 2. The van der Waals surface area contributed by atoms with Crippen LogP contribution < -0.4 is 16.6 Å². The maximum Gasteiger partial charge on any atom is 0.260 e. The number of nitrogens with zero attached hydrogens (tertiary/aromatic N) is 1. The van der Waals surface area contributed by atoms with Crippen LogP contribution in [0.1, 0.15) is 11.8 Å². The molecule has 0 aliphatic rings. The lowest BCUT2D eigenvalue weighted by Crippen LogP contribution is -2.22. The first-order valence-corrected chi connectivity index (χ1v) is 7.58. The average Bonchev–Trinajstić information content (AvgIpc) is 2.92. The van der Waals surface area contributed by atoms with E-state index in [9.17, 15) is 4.79 Å². The number of hydrogen-bond acceptors (Lipinski definition) is 5. The maximum atomic E-state index is 12.1. The van der Waals surface area contributed by atoms with Gasteiger partial charge in [-0.05, 0) is 36.6 Å². The van der Waals surface area contributed by atoms with Crippen LogP contribution in [-0.2, 0) is 6.42 Å². The van der Waals surface area contributed by atoms with Gasteiger partial charge in [-0.15, -0.1) is 11.3 Å². The molecular formula is C15H16N4OS. The van der Waals surface area contributed by atoms with E-state index in [1.807, 2.05) is 6.07 Å². The Balaban J connectivity index is 1.84. The van der Waals surface area contributed by atoms with Gasteiger partial charge in [-0.25, -0.2) is 4.98 Å². The summed E-state index contributed by atoms with van der Waals surface area (Å²) in [6.45, 7) is 2.06. The van der Waals surface area contributed by atoms with Crippen LogP contribution in [0.4, 0.5) is 11.6 Å². The third-order valence-electron chi connectivity index (χ3n) is 3.20. The van der Waals surface area contributed by atoms with Gasteiger partial charge < -0.3 is 11.1 Å². The van der Waals surface area contributed by atoms with Gasteiger partial charge in [0, 0.05) is 23.0 Å². The second-order valence-corrected chi connectivity index (χ2v) is 6.05. The van der Waals surface area contributed by atoms with Crippen LogP contribution >= 0.6 is 11.3 Å². The molecule has 4 N–H and O–H groups in total. The molecule has 1 atom stereocenters. The predicted molar refractivity (Wildman–Crippen MR) is 87.9 cm³/mol. The summed E-state index contributed by atoms with van der Waals surface area (Å²) >= 11 is 1.72. The fourth-order valence-electron chi connectivity index (χ4n) is 2.24. The summed E-state index contributed by atoms with van der Waals surface area (Å²) in [7, 11) is 0. The number of benzene rings is 1. The van der Waals surface area contributed by atoms with Crippen LogP contribution in [0.5, 0.6) is 0 Å². The van der Waals surface area contributed by atoms with Crippen LogP contribution in [0.3, 0.4) is 0 Å². The molecule has 0 amide bonds. The van der Waals surface area contributed by atoms with Gasteiger partial charge in [0.1, 0.15) is 0 Å². The second kappa shape index (κ2) is 5.57. The Morgan fingerprint density at radius 1 is 1.43 bits per heavy atom. The minimum absolute atomic E-state index is 0.179. The van der Waals surface area contributed by atoms with E-state index in [2.05, 4.69) is 33.7 Å². The number of hydrogen-bond donors (Lipinski definition) is 3. The van der Waals surface area contributed by atoms with E-state index < -0.39 is 0 Å². The standard InChI is InChI=1S/C15H16N4OS/c1-9(7-11-3-2-6-21-11)17-15-18-13-5-4-10(16)8-12(13)14(20)19-15/h2-6,8-9H,7,16H2,1H3,(H2,17,18,19,20). The van der Waals surface area contributed by atoms with Crippen molar-refractivity contribution in [1.82, 2.24) is 9.97 Å². The number of nitrogen functional groups attached to an aromatic ring is 1. The molecule has 1 aromatic carbocycles. The first-order chi connectivity index (χ1) is 10.1. The van der Waals surface area contributed by atoms with E-state index in [4.69, 9.17) is 5.73 Å². The van der Waals surface area contributed by atoms with E-state index in [1.54, 1.807) is 29.5 Å². The SMILES string of the molecule is CC(Cc1cccs1)Nc1nc2ccc(N)cc2c(=O)[nH]1. The number of H-pyrrole nitrogens is 1. The zero-order valence-corrected chi connectivity index (χ0v) is 12.4. The molecule has 2 heterocycles. The number of fused-ring (bicyclic) bond motifs is 1. The minimum atomic E-state index is -0.182. The van der Waals surface area contributed by atoms with Crippen molar-refractivity contribution in [2.24, 2.45) is 0 Å². The Bertz CT molecular complexity index is 810. The van der Waals surface area contributed by atoms with Crippen LogP contribution in [0.2, 0.25) is 0 Å². The summed E-state index contributed by atoms with van der Waals surface area (Å²) in [5.74, 6) is 0.487. The van der Waals surface area contributed by atoms with Gasteiger partial charge in [-0.1, -0.05) is 6.07 Å². The molecule has 0 saturated heterocycles. The summed E-state index contributed by atoms with van der Waals surface area (Å²) in [5.41, 5.74) is 6.70. The van der Waals surface area contributed by atoms with Crippen molar-refractivity contribution in [3.05, 3.63) is 50.9 Å². The van der Waals surface area contributed by atoms with Crippen LogP contribution in [0.15, 0.2) is 40.5 Å². The fraction of sp³-hybridized carbons (Fsp3) is 0.200. The van der Waals surface area contributed by atoms with Crippen molar-refractivity contribution in [1.29, 1.82) is 0 Å². The molecule has 0 aliphatic carbocycles. The van der Waals surface area contributed by atoms with Gasteiger partial charge in [0.2, 0.25) is 5.95 Å². The van der Waals surface area contributed by atoms with Crippen molar-refractivity contribution in [3.8, 4) is 0 Å². The molecule has 21 heavy (non-hydrogen) atoms. The van der Waals surface area contributed by atoms with Crippen LogP contribution in [0, 0.1) is 0 Å². The van der Waals surface area contributed by atoms with Gasteiger partial charge >= 0.3 is 0 Å². The Labute approximate surface area is 125 Å². The van der Waals surface area contributed by atoms with Gasteiger partial charge in [0.25, 0.3) is 5.56 Å². The van der Waals surface area contributed by atoms with Gasteiger partial charge in [0.15, 0.2) is 0 Å². The molecule has 0 radical (unpaired) electrons. The highest BCUT2D eigenvalue weighted by molar-refractivity contribution is 7.09. The maximum absolute atomic E-state index is 12.1. The minimum Gasteiger partial charge on any atom is -0.399 e. The molecule has 0 saturated carbocycles. The first-order valence-electron chi connectivity index (χ1n) is 6.70. The lowest BCUT2D eigenvalue weighted by atomic mass is 10.2. The topological polar surface area (TPSA) is 83.8 Å². The van der Waals surface area contributed by atoms with Crippen LogP contribution in [0.25, 0.3) is 10.9 Å². The smallest absolute Gasteiger partial charge is 0.260 e. The summed E-state index contributed by atoms with van der Waals surface area (Å²) in [6, 6.07) is 9.45. The number of aromatic amines is 1. The zero-order valence-electron chi connectivity index (χ0n) is 11.6. The number of anilines is 2. The number of nitrogens with one attached hydrogen (secondary N) is 2. The molecule has 108 valence electrons. The van der Waals surface area contributed by atoms with Gasteiger partial charge in [0.05, 0.1) is 10.9 Å². The van der Waals surface area contributed by atoms with Crippen molar-refractivity contribution >= 4 is 33.9 Å². The summed E-state index contributed by atoms with van der Waals surface area (Å²) in [5, 5.41) is 5.80. The number of nitrogens with two attached hydrogens (primary N) is 1.